The molecule has 4 heteroatoms. The first-order chi connectivity index (χ1) is 8.06. The smallest absolute Gasteiger partial charge is 0.299 e. The number of rotatable bonds is 2. The monoisotopic (exact) mass is 231 g/mol. The maximum Gasteiger partial charge on any atom is 0.299 e. The summed E-state index contributed by atoms with van der Waals surface area (Å²) in [7, 11) is 0. The molecule has 0 saturated heterocycles. The maximum absolute atomic E-state index is 13.2. The Morgan fingerprint density at radius 1 is 1.41 bits per heavy atom. The SMILES string of the molecule is C#CCCN1C(=O)C(=O)c2cc(F)cc(C)c21. The molecule has 0 atom stereocenters. The molecular formula is C13H10FNO2. The third kappa shape index (κ3) is 1.70. The number of anilines is 1. The Morgan fingerprint density at radius 2 is 2.12 bits per heavy atom. The lowest BCUT2D eigenvalue weighted by Gasteiger charge is -2.16. The van der Waals surface area contributed by atoms with E-state index < -0.39 is 17.5 Å². The van der Waals surface area contributed by atoms with Crippen molar-refractivity contribution in [2.45, 2.75) is 13.3 Å². The molecule has 0 aliphatic carbocycles. The summed E-state index contributed by atoms with van der Waals surface area (Å²) in [6.07, 6.45) is 5.49. The summed E-state index contributed by atoms with van der Waals surface area (Å²) in [6, 6.07) is 2.39. The van der Waals surface area contributed by atoms with Crippen molar-refractivity contribution in [1.29, 1.82) is 0 Å². The van der Waals surface area contributed by atoms with Gasteiger partial charge in [-0.1, -0.05) is 0 Å². The van der Waals surface area contributed by atoms with E-state index in [9.17, 15) is 14.0 Å². The second-order valence-electron chi connectivity index (χ2n) is 3.86. The molecule has 0 radical (unpaired) electrons. The molecule has 1 amide bonds. The van der Waals surface area contributed by atoms with Gasteiger partial charge in [0, 0.05) is 13.0 Å². The minimum atomic E-state index is -0.667. The van der Waals surface area contributed by atoms with Crippen molar-refractivity contribution in [2.24, 2.45) is 0 Å². The molecule has 1 aromatic carbocycles. The molecule has 0 N–H and O–H groups in total. The second-order valence-corrected chi connectivity index (χ2v) is 3.86. The van der Waals surface area contributed by atoms with Crippen molar-refractivity contribution in [3.63, 3.8) is 0 Å². The highest BCUT2D eigenvalue weighted by molar-refractivity contribution is 6.52. The highest BCUT2D eigenvalue weighted by atomic mass is 19.1. The van der Waals surface area contributed by atoms with Crippen LogP contribution >= 0.6 is 0 Å². The molecule has 0 aromatic heterocycles. The summed E-state index contributed by atoms with van der Waals surface area (Å²) in [6.45, 7) is 1.94. The van der Waals surface area contributed by atoms with E-state index in [1.165, 1.54) is 11.0 Å². The molecule has 0 fully saturated rings. The zero-order valence-electron chi connectivity index (χ0n) is 9.29. The van der Waals surface area contributed by atoms with Gasteiger partial charge in [-0.05, 0) is 24.6 Å². The van der Waals surface area contributed by atoms with Crippen LogP contribution in [0, 0.1) is 25.1 Å². The predicted octanol–water partition coefficient (Wildman–Crippen LogP) is 1.69. The number of nitrogens with zero attached hydrogens (tertiary/aromatic N) is 1. The van der Waals surface area contributed by atoms with Crippen LogP contribution in [0.4, 0.5) is 10.1 Å². The Bertz CT molecular complexity index is 557. The lowest BCUT2D eigenvalue weighted by molar-refractivity contribution is -0.114. The number of halogens is 1. The van der Waals surface area contributed by atoms with E-state index in [2.05, 4.69) is 5.92 Å². The van der Waals surface area contributed by atoms with Crippen molar-refractivity contribution in [1.82, 2.24) is 0 Å². The van der Waals surface area contributed by atoms with Gasteiger partial charge in [-0.3, -0.25) is 9.59 Å². The number of terminal acetylenes is 1. The first-order valence-corrected chi connectivity index (χ1v) is 5.16. The number of carbonyl (C=O) groups is 2. The first-order valence-electron chi connectivity index (χ1n) is 5.16. The molecule has 17 heavy (non-hydrogen) atoms. The summed E-state index contributed by atoms with van der Waals surface area (Å²) >= 11 is 0. The number of hydrogen-bond donors (Lipinski definition) is 0. The van der Waals surface area contributed by atoms with Gasteiger partial charge in [0.05, 0.1) is 11.3 Å². The summed E-state index contributed by atoms with van der Waals surface area (Å²) in [5.74, 6) is 0.597. The number of Topliss-reactive ketones (excluding diaryl/α,β-unsaturated/α-hetero) is 1. The van der Waals surface area contributed by atoms with E-state index in [0.29, 0.717) is 17.7 Å². The number of fused-ring (bicyclic) bond motifs is 1. The molecule has 0 saturated carbocycles. The molecule has 0 bridgehead atoms. The molecule has 1 aliphatic heterocycles. The van der Waals surface area contributed by atoms with E-state index in [4.69, 9.17) is 6.42 Å². The zero-order chi connectivity index (χ0) is 12.6. The Kier molecular flexibility index (Phi) is 2.68. The van der Waals surface area contributed by atoms with Crippen LogP contribution in [0.15, 0.2) is 12.1 Å². The summed E-state index contributed by atoms with van der Waals surface area (Å²) in [4.78, 5) is 24.7. The third-order valence-electron chi connectivity index (χ3n) is 2.70. The van der Waals surface area contributed by atoms with Gasteiger partial charge in [-0.15, -0.1) is 12.3 Å². The number of aryl methyl sites for hydroxylation is 1. The number of carbonyl (C=O) groups excluding carboxylic acids is 2. The summed E-state index contributed by atoms with van der Waals surface area (Å²) in [5.41, 5.74) is 1.18. The number of amides is 1. The van der Waals surface area contributed by atoms with E-state index >= 15 is 0 Å². The molecule has 1 aromatic rings. The van der Waals surface area contributed by atoms with Crippen molar-refractivity contribution in [2.75, 3.05) is 11.4 Å². The fraction of sp³-hybridized carbons (Fsp3) is 0.231. The van der Waals surface area contributed by atoms with Crippen LogP contribution in [0.3, 0.4) is 0 Å². The van der Waals surface area contributed by atoms with Gasteiger partial charge in [-0.25, -0.2) is 4.39 Å². The van der Waals surface area contributed by atoms with Gasteiger partial charge >= 0.3 is 0 Å². The fourth-order valence-corrected chi connectivity index (χ4v) is 2.00. The molecular weight excluding hydrogens is 221 g/mol. The van der Waals surface area contributed by atoms with Crippen molar-refractivity contribution in [3.8, 4) is 12.3 Å². The zero-order valence-corrected chi connectivity index (χ0v) is 9.29. The molecule has 2 rings (SSSR count). The Balaban J connectivity index is 2.53. The topological polar surface area (TPSA) is 37.4 Å². The maximum atomic E-state index is 13.2. The van der Waals surface area contributed by atoms with E-state index in [1.807, 2.05) is 0 Å². The predicted molar refractivity (Wildman–Crippen MR) is 61.3 cm³/mol. The lowest BCUT2D eigenvalue weighted by atomic mass is 10.1. The molecule has 0 spiro atoms. The molecule has 1 aliphatic rings. The van der Waals surface area contributed by atoms with Crippen LogP contribution in [0.1, 0.15) is 22.3 Å². The van der Waals surface area contributed by atoms with Gasteiger partial charge in [-0.2, -0.15) is 0 Å². The third-order valence-corrected chi connectivity index (χ3v) is 2.70. The van der Waals surface area contributed by atoms with Gasteiger partial charge in [0.15, 0.2) is 0 Å². The van der Waals surface area contributed by atoms with Gasteiger partial charge in [0.2, 0.25) is 0 Å². The minimum Gasteiger partial charge on any atom is -0.304 e. The summed E-state index contributed by atoms with van der Waals surface area (Å²) < 4.78 is 13.2. The van der Waals surface area contributed by atoms with Crippen molar-refractivity contribution >= 4 is 17.4 Å². The van der Waals surface area contributed by atoms with Crippen LogP contribution in [0.5, 0.6) is 0 Å². The number of ketones is 1. The second kappa shape index (κ2) is 4.02. The number of hydrogen-bond acceptors (Lipinski definition) is 2. The Labute approximate surface area is 98.2 Å². The molecule has 86 valence electrons. The van der Waals surface area contributed by atoms with E-state index in [0.717, 1.165) is 6.07 Å². The number of benzene rings is 1. The normalized spacial score (nSPS) is 13.8. The van der Waals surface area contributed by atoms with Crippen molar-refractivity contribution in [3.05, 3.63) is 29.1 Å². The van der Waals surface area contributed by atoms with Crippen LogP contribution in [-0.2, 0) is 4.79 Å². The lowest BCUT2D eigenvalue weighted by Crippen LogP contribution is -2.30. The standard InChI is InChI=1S/C13H10FNO2/c1-3-4-5-15-11-8(2)6-9(14)7-10(11)12(16)13(15)17/h1,6-7H,4-5H2,2H3. The van der Waals surface area contributed by atoms with Gasteiger partial charge in [0.1, 0.15) is 5.82 Å². The molecule has 1 heterocycles. The Hall–Kier alpha value is -2.15. The average Bonchev–Trinajstić information content (AvgIpc) is 2.51. The highest BCUT2D eigenvalue weighted by Crippen LogP contribution is 2.33. The van der Waals surface area contributed by atoms with E-state index in [-0.39, 0.29) is 12.1 Å². The van der Waals surface area contributed by atoms with E-state index in [1.54, 1.807) is 6.92 Å². The highest BCUT2D eigenvalue weighted by Gasteiger charge is 2.36. The Morgan fingerprint density at radius 3 is 2.76 bits per heavy atom. The minimum absolute atomic E-state index is 0.129. The molecule has 3 nitrogen and oxygen atoms in total. The molecule has 0 unspecified atom stereocenters. The van der Waals surface area contributed by atoms with Gasteiger partial charge in [0.25, 0.3) is 11.7 Å². The van der Waals surface area contributed by atoms with Gasteiger partial charge < -0.3 is 4.90 Å². The van der Waals surface area contributed by atoms with Crippen molar-refractivity contribution < 1.29 is 14.0 Å². The van der Waals surface area contributed by atoms with Crippen LogP contribution in [0.2, 0.25) is 0 Å². The summed E-state index contributed by atoms with van der Waals surface area (Å²) in [5, 5.41) is 0. The fourth-order valence-electron chi connectivity index (χ4n) is 2.00. The van der Waals surface area contributed by atoms with Crippen LogP contribution in [-0.4, -0.2) is 18.2 Å². The quantitative estimate of drug-likeness (QED) is 0.573. The van der Waals surface area contributed by atoms with Crippen LogP contribution < -0.4 is 4.90 Å². The largest absolute Gasteiger partial charge is 0.304 e. The van der Waals surface area contributed by atoms with Crippen LogP contribution in [0.25, 0.3) is 0 Å². The first kappa shape index (κ1) is 11.3. The average molecular weight is 231 g/mol.